The van der Waals surface area contributed by atoms with Crippen molar-refractivity contribution in [1.29, 1.82) is 0 Å². The smallest absolute Gasteiger partial charge is 0.336 e. The maximum absolute atomic E-state index is 12.9. The van der Waals surface area contributed by atoms with Gasteiger partial charge >= 0.3 is 5.63 Å². The summed E-state index contributed by atoms with van der Waals surface area (Å²) in [6.45, 7) is 2.18. The van der Waals surface area contributed by atoms with E-state index in [1.165, 1.54) is 12.3 Å². The monoisotopic (exact) mass is 460 g/mol. The molecule has 0 radical (unpaired) electrons. The summed E-state index contributed by atoms with van der Waals surface area (Å²) in [6.07, 6.45) is 1.25. The molecular weight excluding hydrogens is 444 g/mol. The average molecular weight is 461 g/mol. The van der Waals surface area contributed by atoms with Crippen LogP contribution in [0.4, 0.5) is 0 Å². The molecule has 0 aliphatic heterocycles. The van der Waals surface area contributed by atoms with Crippen molar-refractivity contribution in [2.45, 2.75) is 13.5 Å². The van der Waals surface area contributed by atoms with E-state index in [0.717, 1.165) is 16.5 Å². The van der Waals surface area contributed by atoms with Crippen LogP contribution in [-0.4, -0.2) is 0 Å². The van der Waals surface area contributed by atoms with Crippen LogP contribution in [0.2, 0.25) is 5.02 Å². The largest absolute Gasteiger partial charge is 0.489 e. The van der Waals surface area contributed by atoms with E-state index >= 15 is 0 Å². The van der Waals surface area contributed by atoms with Crippen molar-refractivity contribution >= 4 is 33.5 Å². The zero-order valence-corrected chi connectivity index (χ0v) is 18.2. The van der Waals surface area contributed by atoms with Gasteiger partial charge in [0.2, 0.25) is 11.2 Å². The van der Waals surface area contributed by atoms with E-state index in [2.05, 4.69) is 0 Å². The first-order valence-electron chi connectivity index (χ1n) is 10.1. The third-order valence-electron chi connectivity index (χ3n) is 5.18. The van der Waals surface area contributed by atoms with E-state index in [0.29, 0.717) is 39.7 Å². The molecule has 0 fully saturated rings. The maximum atomic E-state index is 12.9. The lowest BCUT2D eigenvalue weighted by atomic mass is 10.1. The highest BCUT2D eigenvalue weighted by atomic mass is 35.5. The van der Waals surface area contributed by atoms with Gasteiger partial charge in [0.15, 0.2) is 0 Å². The zero-order valence-electron chi connectivity index (χ0n) is 17.5. The van der Waals surface area contributed by atoms with Crippen LogP contribution in [0.25, 0.3) is 21.9 Å². The molecule has 0 saturated carbocycles. The number of benzene rings is 3. The van der Waals surface area contributed by atoms with Crippen LogP contribution in [0.5, 0.6) is 17.2 Å². The van der Waals surface area contributed by atoms with Crippen LogP contribution >= 0.6 is 11.6 Å². The Morgan fingerprint density at radius 2 is 1.58 bits per heavy atom. The summed E-state index contributed by atoms with van der Waals surface area (Å²) in [6, 6.07) is 18.8. The van der Waals surface area contributed by atoms with Crippen molar-refractivity contribution in [2.75, 3.05) is 0 Å². The molecule has 0 saturated heterocycles. The standard InChI is InChI=1S/C26H17ClO6/c1-15-10-25(28)33-23-12-19(7-8-20(15)23)32-24-14-31-22-11-18(6-9-21(22)26(24)29)30-13-16-2-4-17(27)5-3-16/h2-12,14H,13H2,1H3. The first-order valence-corrected chi connectivity index (χ1v) is 10.5. The summed E-state index contributed by atoms with van der Waals surface area (Å²) in [5.74, 6) is 0.937. The van der Waals surface area contributed by atoms with Gasteiger partial charge in [-0.1, -0.05) is 23.7 Å². The van der Waals surface area contributed by atoms with E-state index in [-0.39, 0.29) is 11.2 Å². The fourth-order valence-corrected chi connectivity index (χ4v) is 3.62. The van der Waals surface area contributed by atoms with Crippen molar-refractivity contribution in [3.8, 4) is 17.2 Å². The van der Waals surface area contributed by atoms with Crippen LogP contribution in [0.1, 0.15) is 11.1 Å². The molecule has 7 heteroatoms. The molecule has 0 unspecified atom stereocenters. The van der Waals surface area contributed by atoms with Crippen molar-refractivity contribution in [1.82, 2.24) is 0 Å². The van der Waals surface area contributed by atoms with Crippen LogP contribution in [-0.2, 0) is 6.61 Å². The Morgan fingerprint density at radius 3 is 2.39 bits per heavy atom. The van der Waals surface area contributed by atoms with Gasteiger partial charge in [0, 0.05) is 28.6 Å². The second-order valence-electron chi connectivity index (χ2n) is 7.51. The van der Waals surface area contributed by atoms with Gasteiger partial charge in [-0.2, -0.15) is 0 Å². The number of hydrogen-bond donors (Lipinski definition) is 0. The Morgan fingerprint density at radius 1 is 0.848 bits per heavy atom. The number of rotatable bonds is 5. The van der Waals surface area contributed by atoms with Crippen molar-refractivity contribution in [2.24, 2.45) is 0 Å². The van der Waals surface area contributed by atoms with Crippen molar-refractivity contribution < 1.29 is 18.3 Å². The summed E-state index contributed by atoms with van der Waals surface area (Å²) < 4.78 is 22.4. The Bertz CT molecular complexity index is 1600. The first-order chi connectivity index (χ1) is 16.0. The number of aryl methyl sites for hydroxylation is 1. The molecule has 2 heterocycles. The van der Waals surface area contributed by atoms with Gasteiger partial charge in [0.25, 0.3) is 0 Å². The quantitative estimate of drug-likeness (QED) is 0.289. The molecule has 6 nitrogen and oxygen atoms in total. The third-order valence-corrected chi connectivity index (χ3v) is 5.44. The highest BCUT2D eigenvalue weighted by Gasteiger charge is 2.12. The normalized spacial score (nSPS) is 11.1. The third kappa shape index (κ3) is 4.33. The van der Waals surface area contributed by atoms with E-state index in [9.17, 15) is 9.59 Å². The van der Waals surface area contributed by atoms with Gasteiger partial charge in [0.05, 0.1) is 5.39 Å². The summed E-state index contributed by atoms with van der Waals surface area (Å²) in [7, 11) is 0. The second-order valence-corrected chi connectivity index (χ2v) is 7.95. The lowest BCUT2D eigenvalue weighted by Gasteiger charge is -2.09. The first kappa shape index (κ1) is 20.8. The second kappa shape index (κ2) is 8.48. The molecule has 164 valence electrons. The molecule has 2 aromatic heterocycles. The highest BCUT2D eigenvalue weighted by Crippen LogP contribution is 2.27. The van der Waals surface area contributed by atoms with Crippen molar-refractivity contribution in [3.05, 3.63) is 110 Å². The van der Waals surface area contributed by atoms with Gasteiger partial charge in [-0.25, -0.2) is 4.79 Å². The number of ether oxygens (including phenoxy) is 2. The molecule has 0 aliphatic carbocycles. The van der Waals surface area contributed by atoms with Crippen molar-refractivity contribution in [3.63, 3.8) is 0 Å². The van der Waals surface area contributed by atoms with E-state index in [1.807, 2.05) is 19.1 Å². The Labute approximate surface area is 192 Å². The Balaban J connectivity index is 1.39. The van der Waals surface area contributed by atoms with Gasteiger partial charge < -0.3 is 18.3 Å². The minimum Gasteiger partial charge on any atom is -0.489 e. The molecule has 0 aliphatic rings. The Kier molecular flexibility index (Phi) is 5.36. The maximum Gasteiger partial charge on any atom is 0.336 e. The molecular formula is C26H17ClO6. The SMILES string of the molecule is Cc1cc(=O)oc2cc(Oc3coc4cc(OCc5ccc(Cl)cc5)ccc4c3=O)ccc12. The predicted molar refractivity (Wildman–Crippen MR) is 126 cm³/mol. The number of halogens is 1. The minimum absolute atomic E-state index is 0.0201. The molecule has 0 bridgehead atoms. The number of hydrogen-bond acceptors (Lipinski definition) is 6. The van der Waals surface area contributed by atoms with E-state index in [4.69, 9.17) is 29.9 Å². The average Bonchev–Trinajstić information content (AvgIpc) is 2.80. The van der Waals surface area contributed by atoms with Crippen LogP contribution in [0, 0.1) is 6.92 Å². The fraction of sp³-hybridized carbons (Fsp3) is 0.0769. The number of fused-ring (bicyclic) bond motifs is 2. The molecule has 0 N–H and O–H groups in total. The molecule has 5 rings (SSSR count). The van der Waals surface area contributed by atoms with Crippen LogP contribution in [0.3, 0.4) is 0 Å². The molecule has 0 amide bonds. The zero-order chi connectivity index (χ0) is 22.9. The predicted octanol–water partition coefficient (Wildman–Crippen LogP) is 6.23. The Hall–Kier alpha value is -4.03. The summed E-state index contributed by atoms with van der Waals surface area (Å²) >= 11 is 5.90. The molecule has 3 aromatic carbocycles. The van der Waals surface area contributed by atoms with Gasteiger partial charge in [-0.15, -0.1) is 0 Å². The minimum atomic E-state index is -0.448. The van der Waals surface area contributed by atoms with Gasteiger partial charge in [0.1, 0.15) is 35.5 Å². The fourth-order valence-electron chi connectivity index (χ4n) is 3.49. The van der Waals surface area contributed by atoms with Gasteiger partial charge in [-0.05, 0) is 54.4 Å². The molecule has 5 aromatic rings. The van der Waals surface area contributed by atoms with Gasteiger partial charge in [-0.3, -0.25) is 4.79 Å². The molecule has 0 atom stereocenters. The highest BCUT2D eigenvalue weighted by molar-refractivity contribution is 6.30. The summed E-state index contributed by atoms with van der Waals surface area (Å²) in [4.78, 5) is 24.6. The lowest BCUT2D eigenvalue weighted by molar-refractivity contribution is 0.306. The van der Waals surface area contributed by atoms with Crippen LogP contribution in [0.15, 0.2) is 91.4 Å². The van der Waals surface area contributed by atoms with E-state index in [1.54, 1.807) is 48.5 Å². The molecule has 0 spiro atoms. The molecule has 33 heavy (non-hydrogen) atoms. The van der Waals surface area contributed by atoms with E-state index < -0.39 is 5.63 Å². The summed E-state index contributed by atoms with van der Waals surface area (Å²) in [5, 5.41) is 1.81. The summed E-state index contributed by atoms with van der Waals surface area (Å²) in [5.41, 5.74) is 1.74. The van der Waals surface area contributed by atoms with Crippen LogP contribution < -0.4 is 20.5 Å². The topological polar surface area (TPSA) is 78.9 Å². The lowest BCUT2D eigenvalue weighted by Crippen LogP contribution is -2.05.